The van der Waals surface area contributed by atoms with Gasteiger partial charge in [0.2, 0.25) is 0 Å². The highest BCUT2D eigenvalue weighted by Gasteiger charge is 2.46. The number of nitrogens with zero attached hydrogens (tertiary/aromatic N) is 3. The van der Waals surface area contributed by atoms with E-state index in [0.29, 0.717) is 18.7 Å². The first-order chi connectivity index (χ1) is 12.5. The fourth-order valence-corrected chi connectivity index (χ4v) is 4.46. The minimum absolute atomic E-state index is 0.0694. The van der Waals surface area contributed by atoms with Crippen LogP contribution in [0.3, 0.4) is 0 Å². The van der Waals surface area contributed by atoms with Gasteiger partial charge in [-0.05, 0) is 30.6 Å². The fraction of sp³-hybridized carbons (Fsp3) is 0.684. The van der Waals surface area contributed by atoms with E-state index in [4.69, 9.17) is 9.16 Å². The molecule has 1 aromatic heterocycles. The van der Waals surface area contributed by atoms with E-state index in [1.807, 2.05) is 0 Å². The zero-order valence-electron chi connectivity index (χ0n) is 17.3. The first-order valence-electron chi connectivity index (χ1n) is 9.36. The Labute approximate surface area is 163 Å². The SMILES string of the molecule is C=CCOC(=O)N1C[C@H](O[Si](C)(C)C(C)(C)C)C[C@H]1C(O)c1ccnn1C. The van der Waals surface area contributed by atoms with E-state index in [1.165, 1.54) is 6.08 Å². The maximum absolute atomic E-state index is 12.6. The molecule has 1 saturated heterocycles. The second-order valence-corrected chi connectivity index (χ2v) is 13.4. The van der Waals surface area contributed by atoms with Crippen molar-refractivity contribution in [2.24, 2.45) is 7.05 Å². The lowest BCUT2D eigenvalue weighted by atomic mass is 10.0. The number of aromatic nitrogens is 2. The lowest BCUT2D eigenvalue weighted by molar-refractivity contribution is 0.0513. The lowest BCUT2D eigenvalue weighted by Crippen LogP contribution is -2.45. The molecule has 1 aliphatic heterocycles. The molecule has 8 heteroatoms. The molecule has 1 fully saturated rings. The van der Waals surface area contributed by atoms with Gasteiger partial charge in [0.15, 0.2) is 8.32 Å². The Hall–Kier alpha value is -1.64. The van der Waals surface area contributed by atoms with Gasteiger partial charge in [0, 0.05) is 19.8 Å². The van der Waals surface area contributed by atoms with E-state index >= 15 is 0 Å². The molecule has 0 saturated carbocycles. The summed E-state index contributed by atoms with van der Waals surface area (Å²) in [6, 6.07) is 1.34. The molecule has 1 unspecified atom stereocenters. The van der Waals surface area contributed by atoms with Crippen LogP contribution < -0.4 is 0 Å². The number of aryl methyl sites for hydroxylation is 1. The largest absolute Gasteiger partial charge is 0.445 e. The van der Waals surface area contributed by atoms with E-state index in [-0.39, 0.29) is 17.7 Å². The molecular formula is C19H33N3O4Si. The summed E-state index contributed by atoms with van der Waals surface area (Å²) in [5.74, 6) is 0. The maximum Gasteiger partial charge on any atom is 0.410 e. The third-order valence-electron chi connectivity index (χ3n) is 5.66. The van der Waals surface area contributed by atoms with Gasteiger partial charge in [0.25, 0.3) is 0 Å². The third kappa shape index (κ3) is 4.80. The highest BCUT2D eigenvalue weighted by atomic mass is 28.4. The lowest BCUT2D eigenvalue weighted by Gasteiger charge is -2.38. The number of hydrogen-bond acceptors (Lipinski definition) is 5. The normalized spacial score (nSPS) is 22.0. The van der Waals surface area contributed by atoms with Crippen molar-refractivity contribution >= 4 is 14.4 Å². The number of amides is 1. The van der Waals surface area contributed by atoms with Crippen LogP contribution in [0.1, 0.15) is 39.0 Å². The highest BCUT2D eigenvalue weighted by Crippen LogP contribution is 2.40. The molecule has 0 aliphatic carbocycles. The Kier molecular flexibility index (Phi) is 6.54. The number of likely N-dealkylation sites (tertiary alicyclic amines) is 1. The van der Waals surface area contributed by atoms with Gasteiger partial charge in [-0.1, -0.05) is 33.4 Å². The minimum Gasteiger partial charge on any atom is -0.445 e. The summed E-state index contributed by atoms with van der Waals surface area (Å²) >= 11 is 0. The first kappa shape index (κ1) is 21.7. The fourth-order valence-electron chi connectivity index (χ4n) is 3.10. The van der Waals surface area contributed by atoms with Crippen molar-refractivity contribution in [3.63, 3.8) is 0 Å². The van der Waals surface area contributed by atoms with Gasteiger partial charge in [-0.25, -0.2) is 4.79 Å². The minimum atomic E-state index is -2.00. The maximum atomic E-state index is 12.6. The number of rotatable bonds is 6. The van der Waals surface area contributed by atoms with E-state index in [2.05, 4.69) is 45.5 Å². The Balaban J connectivity index is 2.22. The highest BCUT2D eigenvalue weighted by molar-refractivity contribution is 6.74. The van der Waals surface area contributed by atoms with Gasteiger partial charge in [-0.3, -0.25) is 9.58 Å². The van der Waals surface area contributed by atoms with Crippen molar-refractivity contribution in [3.05, 3.63) is 30.6 Å². The average Bonchev–Trinajstić information content (AvgIpc) is 3.17. The van der Waals surface area contributed by atoms with Crippen molar-refractivity contribution in [1.29, 1.82) is 0 Å². The summed E-state index contributed by atoms with van der Waals surface area (Å²) in [5, 5.41) is 15.1. The molecule has 7 nitrogen and oxygen atoms in total. The predicted molar refractivity (Wildman–Crippen MR) is 107 cm³/mol. The van der Waals surface area contributed by atoms with Crippen LogP contribution in [0, 0.1) is 0 Å². The van der Waals surface area contributed by atoms with Crippen molar-refractivity contribution in [1.82, 2.24) is 14.7 Å². The Bertz CT molecular complexity index is 668. The number of ether oxygens (including phenoxy) is 1. The van der Waals surface area contributed by atoms with Crippen LogP contribution in [0.4, 0.5) is 4.79 Å². The van der Waals surface area contributed by atoms with Gasteiger partial charge in [-0.15, -0.1) is 0 Å². The molecule has 27 heavy (non-hydrogen) atoms. The molecule has 1 amide bonds. The monoisotopic (exact) mass is 395 g/mol. The van der Waals surface area contributed by atoms with Gasteiger partial charge in [0.1, 0.15) is 12.7 Å². The number of aliphatic hydroxyl groups is 1. The topological polar surface area (TPSA) is 76.8 Å². The van der Waals surface area contributed by atoms with E-state index < -0.39 is 26.6 Å². The predicted octanol–water partition coefficient (Wildman–Crippen LogP) is 3.24. The standard InChI is InChI=1S/C19H33N3O4Si/c1-8-11-25-18(24)22-13-14(26-27(6,7)19(2,3)4)12-16(22)17(23)15-9-10-20-21(15)5/h8-10,14,16-17,23H,1,11-13H2,2-7H3/t14-,16+,17?/m1/s1. The number of carbonyl (C=O) groups is 1. The molecule has 0 bridgehead atoms. The summed E-state index contributed by atoms with van der Waals surface area (Å²) in [6.07, 6.45) is 2.28. The number of carbonyl (C=O) groups excluding carboxylic acids is 1. The summed E-state index contributed by atoms with van der Waals surface area (Å²) in [6.45, 7) is 15.1. The van der Waals surface area contributed by atoms with Crippen LogP contribution in [0.15, 0.2) is 24.9 Å². The Morgan fingerprint density at radius 2 is 2.19 bits per heavy atom. The van der Waals surface area contributed by atoms with Gasteiger partial charge in [0.05, 0.1) is 17.8 Å². The van der Waals surface area contributed by atoms with Crippen molar-refractivity contribution in [3.8, 4) is 0 Å². The van der Waals surface area contributed by atoms with Crippen molar-refractivity contribution in [2.75, 3.05) is 13.2 Å². The van der Waals surface area contributed by atoms with Crippen LogP contribution >= 0.6 is 0 Å². The van der Waals surface area contributed by atoms with Crippen molar-refractivity contribution < 1.29 is 19.1 Å². The van der Waals surface area contributed by atoms with Crippen LogP contribution in [-0.4, -0.2) is 59.5 Å². The molecule has 0 spiro atoms. The van der Waals surface area contributed by atoms with Crippen LogP contribution in [-0.2, 0) is 16.2 Å². The summed E-state index contributed by atoms with van der Waals surface area (Å²) in [5.41, 5.74) is 0.662. The van der Waals surface area contributed by atoms with Crippen LogP contribution in [0.25, 0.3) is 0 Å². The van der Waals surface area contributed by atoms with E-state index in [0.717, 1.165) is 0 Å². The third-order valence-corrected chi connectivity index (χ3v) is 10.2. The number of hydrogen-bond donors (Lipinski definition) is 1. The molecule has 1 aromatic rings. The van der Waals surface area contributed by atoms with E-state index in [9.17, 15) is 9.90 Å². The summed E-state index contributed by atoms with van der Waals surface area (Å²) in [4.78, 5) is 14.1. The molecule has 0 aromatic carbocycles. The smallest absolute Gasteiger partial charge is 0.410 e. The molecule has 1 aliphatic rings. The molecule has 3 atom stereocenters. The van der Waals surface area contributed by atoms with Crippen molar-refractivity contribution in [2.45, 2.75) is 63.6 Å². The first-order valence-corrected chi connectivity index (χ1v) is 12.3. The molecule has 2 heterocycles. The molecule has 2 rings (SSSR count). The number of aliphatic hydroxyl groups excluding tert-OH is 1. The summed E-state index contributed by atoms with van der Waals surface area (Å²) in [7, 11) is -0.220. The molecule has 1 N–H and O–H groups in total. The molecular weight excluding hydrogens is 362 g/mol. The second kappa shape index (κ2) is 8.16. The molecule has 152 valence electrons. The van der Waals surface area contributed by atoms with Crippen LogP contribution in [0.2, 0.25) is 18.1 Å². The van der Waals surface area contributed by atoms with Gasteiger partial charge in [-0.2, -0.15) is 5.10 Å². The quantitative estimate of drug-likeness (QED) is 0.591. The van der Waals surface area contributed by atoms with Crippen LogP contribution in [0.5, 0.6) is 0 Å². The Morgan fingerprint density at radius 1 is 1.52 bits per heavy atom. The van der Waals surface area contributed by atoms with E-state index in [1.54, 1.807) is 28.9 Å². The summed E-state index contributed by atoms with van der Waals surface area (Å²) < 4.78 is 13.4. The van der Waals surface area contributed by atoms with Gasteiger partial charge < -0.3 is 14.3 Å². The zero-order valence-corrected chi connectivity index (χ0v) is 18.3. The Morgan fingerprint density at radius 3 is 2.70 bits per heavy atom. The average molecular weight is 396 g/mol. The zero-order chi connectivity index (χ0) is 20.4. The second-order valence-electron chi connectivity index (χ2n) is 8.65. The molecule has 0 radical (unpaired) electrons. The van der Waals surface area contributed by atoms with Gasteiger partial charge >= 0.3 is 6.09 Å².